The lowest BCUT2D eigenvalue weighted by Gasteiger charge is -2.15. The summed E-state index contributed by atoms with van der Waals surface area (Å²) in [6.45, 7) is 3.40. The third-order valence-corrected chi connectivity index (χ3v) is 5.11. The van der Waals surface area contributed by atoms with Crippen LogP contribution in [0.4, 0.5) is 0 Å². The van der Waals surface area contributed by atoms with Crippen molar-refractivity contribution in [3.63, 3.8) is 0 Å². The van der Waals surface area contributed by atoms with E-state index < -0.39 is 12.0 Å². The molecule has 0 aliphatic heterocycles. The van der Waals surface area contributed by atoms with Crippen LogP contribution in [0.15, 0.2) is 23.1 Å². The van der Waals surface area contributed by atoms with Gasteiger partial charge in [0, 0.05) is 10.1 Å². The van der Waals surface area contributed by atoms with Crippen molar-refractivity contribution in [2.45, 2.75) is 55.7 Å². The lowest BCUT2D eigenvalue weighted by Crippen LogP contribution is -2.38. The quantitative estimate of drug-likeness (QED) is 0.876. The standard InChI is InChI=1S/C16H21NO3S/c1-10-7-8-14(21-12-5-3-4-6-12)13(9-10)15(18)17-11(2)16(19)20/h7-9,11-12H,3-6H2,1-2H3,(H,17,18)(H,19,20)/t11-/m1/s1. The molecule has 0 saturated heterocycles. The van der Waals surface area contributed by atoms with Gasteiger partial charge in [-0.2, -0.15) is 0 Å². The molecule has 4 nitrogen and oxygen atoms in total. The van der Waals surface area contributed by atoms with Crippen LogP contribution in [0.3, 0.4) is 0 Å². The maximum Gasteiger partial charge on any atom is 0.325 e. The molecule has 1 aromatic carbocycles. The highest BCUT2D eigenvalue weighted by Gasteiger charge is 2.22. The summed E-state index contributed by atoms with van der Waals surface area (Å²) in [6.07, 6.45) is 4.87. The first-order valence-electron chi connectivity index (χ1n) is 7.28. The normalized spacial score (nSPS) is 16.7. The number of benzene rings is 1. The molecule has 21 heavy (non-hydrogen) atoms. The molecule has 1 amide bonds. The summed E-state index contributed by atoms with van der Waals surface area (Å²) in [6, 6.07) is 4.91. The van der Waals surface area contributed by atoms with Crippen LogP contribution in [-0.2, 0) is 4.79 Å². The average molecular weight is 307 g/mol. The number of amides is 1. The first-order valence-corrected chi connectivity index (χ1v) is 8.16. The summed E-state index contributed by atoms with van der Waals surface area (Å²) in [5.41, 5.74) is 1.58. The van der Waals surface area contributed by atoms with Gasteiger partial charge in [0.05, 0.1) is 5.56 Å². The van der Waals surface area contributed by atoms with Crippen molar-refractivity contribution in [3.05, 3.63) is 29.3 Å². The van der Waals surface area contributed by atoms with Crippen molar-refractivity contribution in [3.8, 4) is 0 Å². The molecule has 0 aromatic heterocycles. The van der Waals surface area contributed by atoms with E-state index in [9.17, 15) is 9.59 Å². The summed E-state index contributed by atoms with van der Waals surface area (Å²) < 4.78 is 0. The Morgan fingerprint density at radius 2 is 2.00 bits per heavy atom. The molecular weight excluding hydrogens is 286 g/mol. The van der Waals surface area contributed by atoms with Crippen LogP contribution >= 0.6 is 11.8 Å². The minimum absolute atomic E-state index is 0.311. The zero-order chi connectivity index (χ0) is 15.4. The molecule has 1 aliphatic carbocycles. The van der Waals surface area contributed by atoms with Crippen LogP contribution in [0.5, 0.6) is 0 Å². The molecule has 1 aliphatic rings. The third-order valence-electron chi connectivity index (χ3n) is 3.69. The molecular formula is C16H21NO3S. The minimum atomic E-state index is -1.03. The zero-order valence-electron chi connectivity index (χ0n) is 12.4. The molecule has 1 fully saturated rings. The molecule has 0 unspecified atom stereocenters. The predicted octanol–water partition coefficient (Wildman–Crippen LogP) is 3.23. The topological polar surface area (TPSA) is 66.4 Å². The number of hydrogen-bond donors (Lipinski definition) is 2. The van der Waals surface area contributed by atoms with E-state index in [1.807, 2.05) is 25.1 Å². The SMILES string of the molecule is Cc1ccc(SC2CCCC2)c(C(=O)N[C@H](C)C(=O)O)c1. The van der Waals surface area contributed by atoms with Crippen LogP contribution < -0.4 is 5.32 Å². The Morgan fingerprint density at radius 3 is 2.62 bits per heavy atom. The Hall–Kier alpha value is -1.49. The van der Waals surface area contributed by atoms with Crippen LogP contribution in [-0.4, -0.2) is 28.3 Å². The average Bonchev–Trinajstić information content (AvgIpc) is 2.93. The molecule has 1 atom stereocenters. The Morgan fingerprint density at radius 1 is 1.33 bits per heavy atom. The molecule has 0 heterocycles. The van der Waals surface area contributed by atoms with Gasteiger partial charge in [0.1, 0.15) is 6.04 Å². The zero-order valence-corrected chi connectivity index (χ0v) is 13.2. The van der Waals surface area contributed by atoms with E-state index in [0.29, 0.717) is 10.8 Å². The highest BCUT2D eigenvalue weighted by molar-refractivity contribution is 8.00. The van der Waals surface area contributed by atoms with Gasteiger partial charge in [-0.3, -0.25) is 9.59 Å². The van der Waals surface area contributed by atoms with Gasteiger partial charge >= 0.3 is 5.97 Å². The molecule has 0 radical (unpaired) electrons. The number of thioether (sulfide) groups is 1. The molecule has 114 valence electrons. The number of carboxylic acids is 1. The van der Waals surface area contributed by atoms with Crippen LogP contribution in [0.25, 0.3) is 0 Å². The van der Waals surface area contributed by atoms with Gasteiger partial charge in [-0.1, -0.05) is 24.5 Å². The van der Waals surface area contributed by atoms with E-state index in [1.165, 1.54) is 32.6 Å². The van der Waals surface area contributed by atoms with Gasteiger partial charge < -0.3 is 10.4 Å². The lowest BCUT2D eigenvalue weighted by molar-refractivity contribution is -0.138. The van der Waals surface area contributed by atoms with Crippen molar-refractivity contribution >= 4 is 23.6 Å². The van der Waals surface area contributed by atoms with E-state index in [1.54, 1.807) is 11.8 Å². The van der Waals surface area contributed by atoms with Gasteiger partial charge in [-0.05, 0) is 38.8 Å². The fourth-order valence-corrected chi connectivity index (χ4v) is 3.80. The van der Waals surface area contributed by atoms with E-state index in [-0.39, 0.29) is 5.91 Å². The maximum absolute atomic E-state index is 12.3. The first-order chi connectivity index (χ1) is 9.97. The van der Waals surface area contributed by atoms with Crippen LogP contribution in [0, 0.1) is 6.92 Å². The monoisotopic (exact) mass is 307 g/mol. The second-order valence-electron chi connectivity index (χ2n) is 5.56. The maximum atomic E-state index is 12.3. The summed E-state index contributed by atoms with van der Waals surface area (Å²) in [5, 5.41) is 12.0. The van der Waals surface area contributed by atoms with Crippen LogP contribution in [0.1, 0.15) is 48.5 Å². The minimum Gasteiger partial charge on any atom is -0.480 e. The van der Waals surface area contributed by atoms with Crippen molar-refractivity contribution in [1.82, 2.24) is 5.32 Å². The van der Waals surface area contributed by atoms with Gasteiger partial charge in [0.2, 0.25) is 0 Å². The number of carboxylic acid groups (broad SMARTS) is 1. The Balaban J connectivity index is 2.17. The Bertz CT molecular complexity index is 538. The summed E-state index contributed by atoms with van der Waals surface area (Å²) >= 11 is 1.74. The molecule has 2 rings (SSSR count). The lowest BCUT2D eigenvalue weighted by atomic mass is 10.1. The number of hydrogen-bond acceptors (Lipinski definition) is 3. The highest BCUT2D eigenvalue weighted by atomic mass is 32.2. The molecule has 0 bridgehead atoms. The molecule has 5 heteroatoms. The summed E-state index contributed by atoms with van der Waals surface area (Å²) in [5.74, 6) is -1.34. The van der Waals surface area contributed by atoms with E-state index >= 15 is 0 Å². The first kappa shape index (κ1) is 15.9. The van der Waals surface area contributed by atoms with Crippen molar-refractivity contribution < 1.29 is 14.7 Å². The van der Waals surface area contributed by atoms with Gasteiger partial charge in [0.25, 0.3) is 5.91 Å². The fourth-order valence-electron chi connectivity index (χ4n) is 2.45. The van der Waals surface area contributed by atoms with Crippen molar-refractivity contribution in [1.29, 1.82) is 0 Å². The Labute approximate surface area is 129 Å². The number of aliphatic carboxylic acids is 1. The van der Waals surface area contributed by atoms with Crippen LogP contribution in [0.2, 0.25) is 0 Å². The number of carbonyl (C=O) groups is 2. The molecule has 1 saturated carbocycles. The predicted molar refractivity (Wildman–Crippen MR) is 83.9 cm³/mol. The summed E-state index contributed by atoms with van der Waals surface area (Å²) in [4.78, 5) is 24.1. The second-order valence-corrected chi connectivity index (χ2v) is 6.90. The van der Waals surface area contributed by atoms with E-state index in [2.05, 4.69) is 5.32 Å². The van der Waals surface area contributed by atoms with E-state index in [4.69, 9.17) is 5.11 Å². The van der Waals surface area contributed by atoms with Gasteiger partial charge in [-0.15, -0.1) is 11.8 Å². The largest absolute Gasteiger partial charge is 0.480 e. The Kier molecular flexibility index (Phi) is 5.28. The molecule has 0 spiro atoms. The number of aryl methyl sites for hydroxylation is 1. The third kappa shape index (κ3) is 4.24. The van der Waals surface area contributed by atoms with E-state index in [0.717, 1.165) is 10.5 Å². The fraction of sp³-hybridized carbons (Fsp3) is 0.500. The van der Waals surface area contributed by atoms with Gasteiger partial charge in [0.15, 0.2) is 0 Å². The number of rotatable bonds is 5. The number of nitrogens with one attached hydrogen (secondary N) is 1. The second kappa shape index (κ2) is 6.98. The molecule has 2 N–H and O–H groups in total. The number of carbonyl (C=O) groups excluding carboxylic acids is 1. The van der Waals surface area contributed by atoms with Crippen molar-refractivity contribution in [2.24, 2.45) is 0 Å². The van der Waals surface area contributed by atoms with Crippen molar-refractivity contribution in [2.75, 3.05) is 0 Å². The highest BCUT2D eigenvalue weighted by Crippen LogP contribution is 2.36. The van der Waals surface area contributed by atoms with Gasteiger partial charge in [-0.25, -0.2) is 0 Å². The summed E-state index contributed by atoms with van der Waals surface area (Å²) in [7, 11) is 0. The smallest absolute Gasteiger partial charge is 0.325 e. The molecule has 1 aromatic rings.